The van der Waals surface area contributed by atoms with E-state index in [4.69, 9.17) is 0 Å². The van der Waals surface area contributed by atoms with Crippen LogP contribution in [0, 0.1) is 5.82 Å². The normalized spacial score (nSPS) is 20.6. The fourth-order valence-corrected chi connectivity index (χ4v) is 3.38. The van der Waals surface area contributed by atoms with Crippen LogP contribution in [0.15, 0.2) is 17.2 Å². The fraction of sp³-hybridized carbons (Fsp3) is 0.375. The third-order valence-electron chi connectivity index (χ3n) is 4.47. The molecule has 0 saturated carbocycles. The van der Waals surface area contributed by atoms with E-state index >= 15 is 0 Å². The van der Waals surface area contributed by atoms with Gasteiger partial charge >= 0.3 is 5.97 Å². The molecule has 1 heterocycles. The van der Waals surface area contributed by atoms with Gasteiger partial charge in [0.25, 0.3) is 5.91 Å². The highest BCUT2D eigenvalue weighted by Crippen LogP contribution is 2.31. The first kappa shape index (κ1) is 22.2. The molecular weight excluding hydrogens is 413 g/mol. The number of halogens is 1. The van der Waals surface area contributed by atoms with E-state index in [0.717, 1.165) is 24.0 Å². The van der Waals surface area contributed by atoms with Crippen LogP contribution in [0.4, 0.5) is 4.39 Å². The van der Waals surface area contributed by atoms with Gasteiger partial charge in [-0.25, -0.2) is 14.6 Å². The van der Waals surface area contributed by atoms with Crippen LogP contribution in [-0.4, -0.2) is 69.8 Å². The number of carbonyl (C=O) groups is 3. The first-order valence-electron chi connectivity index (χ1n) is 8.10. The van der Waals surface area contributed by atoms with Gasteiger partial charge in [-0.15, -0.1) is 0 Å². The number of carboxylic acids is 1. The van der Waals surface area contributed by atoms with Gasteiger partial charge in [-0.2, -0.15) is 5.10 Å². The van der Waals surface area contributed by atoms with E-state index < -0.39 is 68.6 Å². The maximum Gasteiger partial charge on any atom is 0.328 e. The van der Waals surface area contributed by atoms with E-state index in [-0.39, 0.29) is 6.42 Å². The summed E-state index contributed by atoms with van der Waals surface area (Å²) in [5.41, 5.74) is 1.11. The average Bonchev–Trinajstić information content (AvgIpc) is 2.63. The maximum atomic E-state index is 13.8. The summed E-state index contributed by atoms with van der Waals surface area (Å²) in [7, 11) is 0. The molecule has 158 valence electrons. The zero-order valence-corrected chi connectivity index (χ0v) is 16.0. The lowest BCUT2D eigenvalue weighted by molar-refractivity contribution is -0.161. The Hall–Kier alpha value is -3.06. The molecule has 29 heavy (non-hydrogen) atoms. The lowest BCUT2D eigenvalue weighted by Gasteiger charge is -2.48. The van der Waals surface area contributed by atoms with Crippen molar-refractivity contribution in [3.05, 3.63) is 23.5 Å². The molecule has 1 unspecified atom stereocenters. The first-order valence-corrected chi connectivity index (χ1v) is 9.17. The fourth-order valence-electron chi connectivity index (χ4n) is 2.84. The van der Waals surface area contributed by atoms with Gasteiger partial charge in [-0.1, -0.05) is 0 Å². The van der Waals surface area contributed by atoms with Crippen molar-refractivity contribution in [2.75, 3.05) is 0 Å². The molecule has 1 aliphatic rings. The Morgan fingerprint density at radius 2 is 2.10 bits per heavy atom. The molecule has 0 aliphatic carbocycles. The molecule has 2 amide bonds. The molecular formula is C16H17FN3O8S-. The van der Waals surface area contributed by atoms with Crippen LogP contribution in [0.2, 0.25) is 0 Å². The van der Waals surface area contributed by atoms with Gasteiger partial charge < -0.3 is 24.8 Å². The highest BCUT2D eigenvalue weighted by Gasteiger charge is 2.51. The zero-order chi connectivity index (χ0) is 22.1. The van der Waals surface area contributed by atoms with Crippen molar-refractivity contribution in [1.29, 1.82) is 0 Å². The summed E-state index contributed by atoms with van der Waals surface area (Å²) in [6.07, 6.45) is 0.673. The number of β-lactam (4-membered cyclic amide) rings is 1. The van der Waals surface area contributed by atoms with Gasteiger partial charge in [-0.05, 0) is 37.1 Å². The molecule has 1 aromatic rings. The topological polar surface area (TPSA) is 180 Å². The van der Waals surface area contributed by atoms with E-state index in [9.17, 15) is 42.9 Å². The minimum Gasteiger partial charge on any atom is -0.772 e. The summed E-state index contributed by atoms with van der Waals surface area (Å²) in [4.78, 5) is 36.4. The third kappa shape index (κ3) is 4.05. The van der Waals surface area contributed by atoms with Crippen LogP contribution in [0.5, 0.6) is 11.5 Å². The second-order valence-electron chi connectivity index (χ2n) is 6.51. The zero-order valence-electron chi connectivity index (χ0n) is 15.2. The molecule has 0 radical (unpaired) electrons. The van der Waals surface area contributed by atoms with E-state index in [1.165, 1.54) is 0 Å². The van der Waals surface area contributed by atoms with Crippen LogP contribution in [0.3, 0.4) is 0 Å². The molecule has 1 saturated heterocycles. The number of rotatable bonds is 7. The van der Waals surface area contributed by atoms with Crippen molar-refractivity contribution in [3.8, 4) is 11.5 Å². The summed E-state index contributed by atoms with van der Waals surface area (Å²) < 4.78 is 35.2. The minimum atomic E-state index is -3.08. The Morgan fingerprint density at radius 1 is 1.48 bits per heavy atom. The van der Waals surface area contributed by atoms with Crippen molar-refractivity contribution in [1.82, 2.24) is 10.3 Å². The number of hydrogen-bond donors (Lipinski definition) is 4. The SMILES string of the molecule is C[C@@H]1CC(=O)N1[C@@H](C(=O)O)[C@](C)(/C=N/NC(=O)c1ccc(O)c(O)c1F)S(=O)[O-]. The van der Waals surface area contributed by atoms with Crippen LogP contribution in [0.25, 0.3) is 0 Å². The Kier molecular flexibility index (Phi) is 6.23. The Labute approximate surface area is 166 Å². The van der Waals surface area contributed by atoms with Gasteiger partial charge in [0, 0.05) is 18.7 Å². The number of benzene rings is 1. The number of nitrogens with zero attached hydrogens (tertiary/aromatic N) is 2. The van der Waals surface area contributed by atoms with E-state index in [0.29, 0.717) is 6.21 Å². The highest BCUT2D eigenvalue weighted by molar-refractivity contribution is 7.81. The van der Waals surface area contributed by atoms with Crippen LogP contribution >= 0.6 is 0 Å². The third-order valence-corrected chi connectivity index (χ3v) is 5.52. The number of aliphatic carboxylic acids is 1. The lowest BCUT2D eigenvalue weighted by atomic mass is 9.92. The Balaban J connectivity index is 2.29. The van der Waals surface area contributed by atoms with Crippen LogP contribution in [0.1, 0.15) is 30.6 Å². The second-order valence-corrected chi connectivity index (χ2v) is 7.86. The predicted octanol–water partition coefficient (Wildman–Crippen LogP) is -0.336. The van der Waals surface area contributed by atoms with E-state index in [1.807, 2.05) is 5.43 Å². The summed E-state index contributed by atoms with van der Waals surface area (Å²) in [6, 6.07) is -0.623. The van der Waals surface area contributed by atoms with Gasteiger partial charge in [0.2, 0.25) is 5.91 Å². The molecule has 1 aliphatic heterocycles. The largest absolute Gasteiger partial charge is 0.772 e. The van der Waals surface area contributed by atoms with Crippen molar-refractivity contribution in [2.24, 2.45) is 5.10 Å². The monoisotopic (exact) mass is 430 g/mol. The van der Waals surface area contributed by atoms with Crippen LogP contribution in [-0.2, 0) is 20.7 Å². The number of phenols is 2. The molecule has 0 spiro atoms. The molecule has 0 bridgehead atoms. The molecule has 2 rings (SSSR count). The van der Waals surface area contributed by atoms with Gasteiger partial charge in [0.05, 0.1) is 10.3 Å². The lowest BCUT2D eigenvalue weighted by Crippen LogP contribution is -2.67. The molecule has 13 heteroatoms. The number of carboxylic acid groups (broad SMARTS) is 1. The van der Waals surface area contributed by atoms with Crippen molar-refractivity contribution in [2.45, 2.75) is 37.1 Å². The molecule has 1 aromatic carbocycles. The standard InChI is InChI=1S/C16H18FN3O8S/c1-7-5-10(22)20(7)13(15(25)26)16(2,29(27)28)6-18-19-14(24)8-3-4-9(21)12(23)11(8)17/h3-4,6-7,13,21,23H,5H2,1-2H3,(H,19,24)(H,25,26)(H,27,28)/p-1/b18-6+/t7-,13+,16+/m1/s1. The molecule has 0 aromatic heterocycles. The predicted molar refractivity (Wildman–Crippen MR) is 95.4 cm³/mol. The quantitative estimate of drug-likeness (QED) is 0.149. The van der Waals surface area contributed by atoms with Gasteiger partial charge in [0.15, 0.2) is 23.4 Å². The molecule has 4 atom stereocenters. The summed E-state index contributed by atoms with van der Waals surface area (Å²) in [5, 5.41) is 31.4. The summed E-state index contributed by atoms with van der Waals surface area (Å²) in [6.45, 7) is 2.54. The van der Waals surface area contributed by atoms with Gasteiger partial charge in [-0.3, -0.25) is 13.8 Å². The number of nitrogens with one attached hydrogen (secondary N) is 1. The maximum absolute atomic E-state index is 13.8. The van der Waals surface area contributed by atoms with Crippen LogP contribution < -0.4 is 5.43 Å². The van der Waals surface area contributed by atoms with Gasteiger partial charge in [0.1, 0.15) is 0 Å². The number of aromatic hydroxyl groups is 2. The Bertz CT molecular complexity index is 924. The highest BCUT2D eigenvalue weighted by atomic mass is 32.2. The number of carbonyl (C=O) groups excluding carboxylic acids is 2. The number of likely N-dealkylation sites (tertiary alicyclic amines) is 1. The second kappa shape index (κ2) is 8.13. The molecule has 11 nitrogen and oxygen atoms in total. The Morgan fingerprint density at radius 3 is 2.59 bits per heavy atom. The number of amides is 2. The molecule has 1 fully saturated rings. The number of hydrazone groups is 1. The van der Waals surface area contributed by atoms with E-state index in [1.54, 1.807) is 6.92 Å². The summed E-state index contributed by atoms with van der Waals surface area (Å²) in [5.74, 6) is -6.74. The number of hydrogen-bond acceptors (Lipinski definition) is 8. The van der Waals surface area contributed by atoms with Crippen molar-refractivity contribution >= 4 is 35.1 Å². The van der Waals surface area contributed by atoms with Crippen molar-refractivity contribution in [3.63, 3.8) is 0 Å². The smallest absolute Gasteiger partial charge is 0.328 e. The molecule has 4 N–H and O–H groups in total. The van der Waals surface area contributed by atoms with Crippen molar-refractivity contribution < 1.29 is 42.9 Å². The summed E-state index contributed by atoms with van der Waals surface area (Å²) >= 11 is -3.08. The minimum absolute atomic E-state index is 0.0584. The average molecular weight is 430 g/mol. The number of phenolic OH excluding ortho intramolecular Hbond substituents is 2. The first-order chi connectivity index (χ1) is 13.4. The van der Waals surface area contributed by atoms with E-state index in [2.05, 4.69) is 5.10 Å².